The molecule has 3 heteroatoms. The van der Waals surface area contributed by atoms with E-state index in [1.165, 1.54) is 12.8 Å². The van der Waals surface area contributed by atoms with Crippen LogP contribution in [-0.2, 0) is 9.47 Å². The van der Waals surface area contributed by atoms with Crippen molar-refractivity contribution in [3.05, 3.63) is 0 Å². The van der Waals surface area contributed by atoms with E-state index in [-0.39, 0.29) is 0 Å². The van der Waals surface area contributed by atoms with Crippen molar-refractivity contribution in [2.45, 2.75) is 29.9 Å². The third kappa shape index (κ3) is 0.849. The SMILES string of the molecule is BrC1CC2OC2CC12COC2. The van der Waals surface area contributed by atoms with Crippen molar-refractivity contribution in [3.8, 4) is 0 Å². The summed E-state index contributed by atoms with van der Waals surface area (Å²) in [6.07, 6.45) is 3.56. The molecule has 1 spiro atoms. The van der Waals surface area contributed by atoms with Crippen LogP contribution in [-0.4, -0.2) is 30.2 Å². The second-order valence-corrected chi connectivity index (χ2v) is 5.08. The Morgan fingerprint density at radius 3 is 2.73 bits per heavy atom. The van der Waals surface area contributed by atoms with Gasteiger partial charge in [0.05, 0.1) is 25.4 Å². The van der Waals surface area contributed by atoms with Gasteiger partial charge in [0.15, 0.2) is 0 Å². The lowest BCUT2D eigenvalue weighted by Gasteiger charge is -2.46. The monoisotopic (exact) mass is 218 g/mol. The van der Waals surface area contributed by atoms with Crippen LogP contribution in [0.2, 0.25) is 0 Å². The highest BCUT2D eigenvalue weighted by atomic mass is 79.9. The molecule has 3 fully saturated rings. The maximum atomic E-state index is 5.49. The normalized spacial score (nSPS) is 51.5. The summed E-state index contributed by atoms with van der Waals surface area (Å²) >= 11 is 3.73. The van der Waals surface area contributed by atoms with Gasteiger partial charge in [-0.1, -0.05) is 15.9 Å². The molecule has 2 saturated heterocycles. The number of halogens is 1. The Labute approximate surface area is 74.4 Å². The van der Waals surface area contributed by atoms with Crippen molar-refractivity contribution in [1.29, 1.82) is 0 Å². The number of hydrogen-bond donors (Lipinski definition) is 0. The second kappa shape index (κ2) is 2.01. The van der Waals surface area contributed by atoms with E-state index in [4.69, 9.17) is 9.47 Å². The average Bonchev–Trinajstić information content (AvgIpc) is 2.59. The van der Waals surface area contributed by atoms with Crippen molar-refractivity contribution in [2.24, 2.45) is 5.41 Å². The van der Waals surface area contributed by atoms with Crippen LogP contribution >= 0.6 is 15.9 Å². The quantitative estimate of drug-likeness (QED) is 0.452. The highest BCUT2D eigenvalue weighted by molar-refractivity contribution is 9.09. The van der Waals surface area contributed by atoms with Crippen LogP contribution in [0.1, 0.15) is 12.8 Å². The zero-order valence-corrected chi connectivity index (χ0v) is 7.84. The van der Waals surface area contributed by atoms with Crippen molar-refractivity contribution < 1.29 is 9.47 Å². The van der Waals surface area contributed by atoms with Gasteiger partial charge >= 0.3 is 0 Å². The lowest BCUT2D eigenvalue weighted by Crippen LogP contribution is -2.52. The summed E-state index contributed by atoms with van der Waals surface area (Å²) in [6, 6.07) is 0. The Balaban J connectivity index is 1.81. The minimum Gasteiger partial charge on any atom is -0.380 e. The molecule has 0 radical (unpaired) electrons. The minimum absolute atomic E-state index is 0.442. The van der Waals surface area contributed by atoms with Crippen LogP contribution in [0, 0.1) is 5.41 Å². The lowest BCUT2D eigenvalue weighted by molar-refractivity contribution is -0.122. The van der Waals surface area contributed by atoms with Crippen LogP contribution < -0.4 is 0 Å². The van der Waals surface area contributed by atoms with Gasteiger partial charge in [-0.3, -0.25) is 0 Å². The minimum atomic E-state index is 0.442. The van der Waals surface area contributed by atoms with Crippen molar-refractivity contribution >= 4 is 15.9 Å². The van der Waals surface area contributed by atoms with Gasteiger partial charge in [0.1, 0.15) is 0 Å². The van der Waals surface area contributed by atoms with Gasteiger partial charge in [-0.2, -0.15) is 0 Å². The van der Waals surface area contributed by atoms with Gasteiger partial charge in [0, 0.05) is 10.2 Å². The third-order valence-electron chi connectivity index (χ3n) is 3.18. The number of rotatable bonds is 0. The fraction of sp³-hybridized carbons (Fsp3) is 1.00. The summed E-state index contributed by atoms with van der Waals surface area (Å²) in [5.74, 6) is 0. The van der Waals surface area contributed by atoms with Crippen LogP contribution in [0.25, 0.3) is 0 Å². The van der Waals surface area contributed by atoms with E-state index in [9.17, 15) is 0 Å². The predicted octanol–water partition coefficient (Wildman–Crippen LogP) is 1.33. The van der Waals surface area contributed by atoms with Gasteiger partial charge in [-0.25, -0.2) is 0 Å². The molecule has 2 nitrogen and oxygen atoms in total. The molecule has 1 saturated carbocycles. The fourth-order valence-electron chi connectivity index (χ4n) is 2.21. The Bertz CT molecular complexity index is 191. The molecule has 2 heterocycles. The Morgan fingerprint density at radius 1 is 1.27 bits per heavy atom. The molecule has 0 aromatic carbocycles. The summed E-state index contributed by atoms with van der Waals surface area (Å²) in [5, 5.41) is 0. The summed E-state index contributed by atoms with van der Waals surface area (Å²) in [7, 11) is 0. The number of epoxide rings is 1. The Hall–Kier alpha value is 0.400. The maximum absolute atomic E-state index is 5.49. The van der Waals surface area contributed by atoms with Gasteiger partial charge in [-0.05, 0) is 12.8 Å². The van der Waals surface area contributed by atoms with Gasteiger partial charge in [0.2, 0.25) is 0 Å². The van der Waals surface area contributed by atoms with E-state index in [1.807, 2.05) is 0 Å². The first kappa shape index (κ1) is 6.87. The van der Waals surface area contributed by atoms with Crippen molar-refractivity contribution in [3.63, 3.8) is 0 Å². The smallest absolute Gasteiger partial charge is 0.0853 e. The Morgan fingerprint density at radius 2 is 2.09 bits per heavy atom. The molecule has 3 aliphatic rings. The molecule has 0 aromatic heterocycles. The first-order valence-corrected chi connectivity index (χ1v) is 5.09. The first-order valence-electron chi connectivity index (χ1n) is 4.17. The third-order valence-corrected chi connectivity index (χ3v) is 4.52. The first-order chi connectivity index (χ1) is 5.30. The van der Waals surface area contributed by atoms with Gasteiger partial charge < -0.3 is 9.47 Å². The van der Waals surface area contributed by atoms with Gasteiger partial charge in [0.25, 0.3) is 0 Å². The summed E-state index contributed by atoms with van der Waals surface area (Å²) in [5.41, 5.74) is 0.442. The van der Waals surface area contributed by atoms with Crippen molar-refractivity contribution in [1.82, 2.24) is 0 Å². The molecule has 3 unspecified atom stereocenters. The molecule has 2 aliphatic heterocycles. The van der Waals surface area contributed by atoms with E-state index < -0.39 is 0 Å². The molecule has 0 amide bonds. The molecule has 3 rings (SSSR count). The molecule has 0 bridgehead atoms. The molecule has 1 aliphatic carbocycles. The molecule has 11 heavy (non-hydrogen) atoms. The maximum Gasteiger partial charge on any atom is 0.0853 e. The highest BCUT2D eigenvalue weighted by Crippen LogP contribution is 2.52. The number of hydrogen-bond acceptors (Lipinski definition) is 2. The Kier molecular flexibility index (Phi) is 1.25. The van der Waals surface area contributed by atoms with E-state index in [0.29, 0.717) is 22.5 Å². The standard InChI is InChI=1S/C8H11BrO2/c9-7-1-5-6(11-5)2-8(7)3-10-4-8/h5-7H,1-4H2. The highest BCUT2D eigenvalue weighted by Gasteiger charge is 2.57. The molecule has 3 atom stereocenters. The predicted molar refractivity (Wildman–Crippen MR) is 43.9 cm³/mol. The number of alkyl halides is 1. The van der Waals surface area contributed by atoms with Crippen LogP contribution in [0.15, 0.2) is 0 Å². The van der Waals surface area contributed by atoms with Crippen LogP contribution in [0.4, 0.5) is 0 Å². The fourth-order valence-corrected chi connectivity index (χ4v) is 3.03. The molecular formula is C8H11BrO2. The summed E-state index contributed by atoms with van der Waals surface area (Å²) in [4.78, 5) is 0.632. The van der Waals surface area contributed by atoms with E-state index >= 15 is 0 Å². The van der Waals surface area contributed by atoms with Crippen LogP contribution in [0.3, 0.4) is 0 Å². The average molecular weight is 219 g/mol. The zero-order valence-electron chi connectivity index (χ0n) is 6.25. The summed E-state index contributed by atoms with van der Waals surface area (Å²) in [6.45, 7) is 1.88. The molecule has 0 N–H and O–H groups in total. The molecule has 62 valence electrons. The largest absolute Gasteiger partial charge is 0.380 e. The van der Waals surface area contributed by atoms with Crippen LogP contribution in [0.5, 0.6) is 0 Å². The zero-order chi connectivity index (χ0) is 7.47. The number of fused-ring (bicyclic) bond motifs is 1. The summed E-state index contributed by atoms with van der Waals surface area (Å²) < 4.78 is 10.8. The second-order valence-electron chi connectivity index (χ2n) is 3.98. The van der Waals surface area contributed by atoms with Crippen molar-refractivity contribution in [2.75, 3.05) is 13.2 Å². The van der Waals surface area contributed by atoms with E-state index in [2.05, 4.69) is 15.9 Å². The van der Waals surface area contributed by atoms with Gasteiger partial charge in [-0.15, -0.1) is 0 Å². The molecular weight excluding hydrogens is 208 g/mol. The topological polar surface area (TPSA) is 21.8 Å². The number of ether oxygens (including phenoxy) is 2. The molecule has 0 aromatic rings. The van der Waals surface area contributed by atoms with E-state index in [1.54, 1.807) is 0 Å². The lowest BCUT2D eigenvalue weighted by atomic mass is 9.72. The van der Waals surface area contributed by atoms with E-state index in [0.717, 1.165) is 13.2 Å².